The van der Waals surface area contributed by atoms with Gasteiger partial charge in [0.25, 0.3) is 0 Å². The van der Waals surface area contributed by atoms with Crippen LogP contribution in [0.25, 0.3) is 0 Å². The summed E-state index contributed by atoms with van der Waals surface area (Å²) in [5, 5.41) is 9.60. The van der Waals surface area contributed by atoms with E-state index in [4.69, 9.17) is 33.0 Å². The molecule has 0 aliphatic rings. The van der Waals surface area contributed by atoms with E-state index in [1.165, 1.54) is 18.3 Å². The maximum atomic E-state index is 10.6. The maximum absolute atomic E-state index is 10.6. The van der Waals surface area contributed by atoms with E-state index in [9.17, 15) is 4.79 Å². The van der Waals surface area contributed by atoms with Crippen LogP contribution in [0.5, 0.6) is 11.5 Å². The van der Waals surface area contributed by atoms with E-state index in [-0.39, 0.29) is 5.69 Å². The summed E-state index contributed by atoms with van der Waals surface area (Å²) < 4.78 is 5.45. The maximum Gasteiger partial charge on any atom is 0.354 e. The summed E-state index contributed by atoms with van der Waals surface area (Å²) in [5.74, 6) is -0.333. The Balaban J connectivity index is 2.23. The van der Waals surface area contributed by atoms with Crippen LogP contribution in [0.1, 0.15) is 10.5 Å². The van der Waals surface area contributed by atoms with Crippen molar-refractivity contribution in [1.82, 2.24) is 4.98 Å². The Morgan fingerprint density at radius 3 is 2.61 bits per heavy atom. The Morgan fingerprint density at radius 2 is 2.00 bits per heavy atom. The molecule has 4 nitrogen and oxygen atoms in total. The SMILES string of the molecule is O=C(O)c1ccc(Oc2cc(Cl)ccc2Cl)cn1. The zero-order chi connectivity index (χ0) is 13.1. The number of carboxylic acid groups (broad SMARTS) is 1. The van der Waals surface area contributed by atoms with Gasteiger partial charge in [0.1, 0.15) is 17.2 Å². The van der Waals surface area contributed by atoms with Gasteiger partial charge < -0.3 is 9.84 Å². The molecule has 0 saturated carbocycles. The van der Waals surface area contributed by atoms with Gasteiger partial charge in [-0.1, -0.05) is 23.2 Å². The second-order valence-corrected chi connectivity index (χ2v) is 4.20. The Hall–Kier alpha value is -1.78. The van der Waals surface area contributed by atoms with Gasteiger partial charge in [0, 0.05) is 11.1 Å². The van der Waals surface area contributed by atoms with E-state index in [0.29, 0.717) is 21.5 Å². The Bertz CT molecular complexity index is 584. The molecule has 0 radical (unpaired) electrons. The second kappa shape index (κ2) is 5.25. The van der Waals surface area contributed by atoms with Crippen molar-refractivity contribution in [3.05, 3.63) is 52.3 Å². The molecule has 0 saturated heterocycles. The third kappa shape index (κ3) is 2.91. The molecule has 1 N–H and O–H groups in total. The van der Waals surface area contributed by atoms with Crippen molar-refractivity contribution in [2.75, 3.05) is 0 Å². The van der Waals surface area contributed by atoms with E-state index < -0.39 is 5.97 Å². The first-order valence-electron chi connectivity index (χ1n) is 4.88. The van der Waals surface area contributed by atoms with Crippen LogP contribution >= 0.6 is 23.2 Å². The lowest BCUT2D eigenvalue weighted by atomic mass is 10.3. The van der Waals surface area contributed by atoms with Crippen LogP contribution in [0, 0.1) is 0 Å². The van der Waals surface area contributed by atoms with Gasteiger partial charge in [-0.3, -0.25) is 0 Å². The number of carboxylic acids is 1. The van der Waals surface area contributed by atoms with E-state index in [0.717, 1.165) is 0 Å². The van der Waals surface area contributed by atoms with Crippen molar-refractivity contribution in [3.8, 4) is 11.5 Å². The number of aromatic carboxylic acids is 1. The summed E-state index contributed by atoms with van der Waals surface area (Å²) in [5.41, 5.74) is -0.0560. The van der Waals surface area contributed by atoms with Crippen LogP contribution in [-0.4, -0.2) is 16.1 Å². The van der Waals surface area contributed by atoms with Gasteiger partial charge in [-0.25, -0.2) is 9.78 Å². The topological polar surface area (TPSA) is 59.4 Å². The summed E-state index contributed by atoms with van der Waals surface area (Å²) in [6, 6.07) is 7.65. The highest BCUT2D eigenvalue weighted by Crippen LogP contribution is 2.31. The normalized spacial score (nSPS) is 10.1. The first-order valence-corrected chi connectivity index (χ1v) is 5.64. The van der Waals surface area contributed by atoms with Gasteiger partial charge in [0.2, 0.25) is 0 Å². The van der Waals surface area contributed by atoms with Crippen LogP contribution in [-0.2, 0) is 0 Å². The number of rotatable bonds is 3. The summed E-state index contributed by atoms with van der Waals surface area (Å²) in [6.45, 7) is 0. The van der Waals surface area contributed by atoms with E-state index in [1.54, 1.807) is 18.2 Å². The number of nitrogens with zero attached hydrogens (tertiary/aromatic N) is 1. The first kappa shape index (κ1) is 12.7. The van der Waals surface area contributed by atoms with E-state index in [2.05, 4.69) is 4.98 Å². The fourth-order valence-corrected chi connectivity index (χ4v) is 1.57. The number of benzene rings is 1. The molecule has 92 valence electrons. The first-order chi connectivity index (χ1) is 8.56. The summed E-state index contributed by atoms with van der Waals surface area (Å²) >= 11 is 11.7. The molecule has 0 amide bonds. The molecule has 0 aliphatic carbocycles. The minimum Gasteiger partial charge on any atom is -0.477 e. The van der Waals surface area contributed by atoms with E-state index >= 15 is 0 Å². The molecular formula is C12H7Cl2NO3. The molecule has 0 unspecified atom stereocenters. The molecule has 2 aromatic rings. The Kier molecular flexibility index (Phi) is 3.69. The van der Waals surface area contributed by atoms with Gasteiger partial charge in [-0.2, -0.15) is 0 Å². The number of carbonyl (C=O) groups is 1. The van der Waals surface area contributed by atoms with Crippen molar-refractivity contribution < 1.29 is 14.6 Å². The monoisotopic (exact) mass is 283 g/mol. The molecule has 18 heavy (non-hydrogen) atoms. The van der Waals surface area contributed by atoms with Crippen LogP contribution in [0.2, 0.25) is 10.0 Å². The molecule has 0 aliphatic heterocycles. The third-order valence-corrected chi connectivity index (χ3v) is 2.62. The highest BCUT2D eigenvalue weighted by Gasteiger charge is 2.07. The lowest BCUT2D eigenvalue weighted by Crippen LogP contribution is -1.99. The average Bonchev–Trinajstić information content (AvgIpc) is 2.34. The quantitative estimate of drug-likeness (QED) is 0.929. The lowest BCUT2D eigenvalue weighted by Gasteiger charge is -2.07. The predicted octanol–water partition coefficient (Wildman–Crippen LogP) is 3.88. The van der Waals surface area contributed by atoms with Crippen molar-refractivity contribution in [1.29, 1.82) is 0 Å². The molecule has 2 rings (SSSR count). The van der Waals surface area contributed by atoms with Crippen molar-refractivity contribution in [2.24, 2.45) is 0 Å². The van der Waals surface area contributed by atoms with Crippen molar-refractivity contribution >= 4 is 29.2 Å². The van der Waals surface area contributed by atoms with Crippen LogP contribution < -0.4 is 4.74 Å². The van der Waals surface area contributed by atoms with Crippen LogP contribution in [0.15, 0.2) is 36.5 Å². The standard InChI is InChI=1S/C12H7Cl2NO3/c13-7-1-3-9(14)11(5-7)18-8-2-4-10(12(16)17)15-6-8/h1-6H,(H,16,17). The van der Waals surface area contributed by atoms with Crippen LogP contribution in [0.3, 0.4) is 0 Å². The van der Waals surface area contributed by atoms with Crippen LogP contribution in [0.4, 0.5) is 0 Å². The molecule has 1 aromatic heterocycles. The number of ether oxygens (including phenoxy) is 1. The fraction of sp³-hybridized carbons (Fsp3) is 0. The van der Waals surface area contributed by atoms with Gasteiger partial charge in [-0.15, -0.1) is 0 Å². The largest absolute Gasteiger partial charge is 0.477 e. The highest BCUT2D eigenvalue weighted by atomic mass is 35.5. The average molecular weight is 284 g/mol. The Morgan fingerprint density at radius 1 is 1.22 bits per heavy atom. The lowest BCUT2D eigenvalue weighted by molar-refractivity contribution is 0.0690. The van der Waals surface area contributed by atoms with Crippen molar-refractivity contribution in [3.63, 3.8) is 0 Å². The van der Waals surface area contributed by atoms with Gasteiger partial charge >= 0.3 is 5.97 Å². The molecule has 6 heteroatoms. The third-order valence-electron chi connectivity index (χ3n) is 2.08. The summed E-state index contributed by atoms with van der Waals surface area (Å²) in [6.07, 6.45) is 1.31. The minimum absolute atomic E-state index is 0.0560. The number of pyridine rings is 1. The predicted molar refractivity (Wildman–Crippen MR) is 67.7 cm³/mol. The Labute approximate surface area is 113 Å². The molecular weight excluding hydrogens is 277 g/mol. The smallest absolute Gasteiger partial charge is 0.354 e. The van der Waals surface area contributed by atoms with Crippen molar-refractivity contribution in [2.45, 2.75) is 0 Å². The minimum atomic E-state index is -1.10. The van der Waals surface area contributed by atoms with E-state index in [1.807, 2.05) is 0 Å². The molecule has 1 aromatic carbocycles. The highest BCUT2D eigenvalue weighted by molar-refractivity contribution is 6.34. The molecule has 0 bridgehead atoms. The second-order valence-electron chi connectivity index (χ2n) is 3.36. The summed E-state index contributed by atoms with van der Waals surface area (Å²) in [4.78, 5) is 14.4. The fourth-order valence-electron chi connectivity index (χ4n) is 1.25. The van der Waals surface area contributed by atoms with Gasteiger partial charge in [-0.05, 0) is 24.3 Å². The van der Waals surface area contributed by atoms with Gasteiger partial charge in [0.05, 0.1) is 11.2 Å². The van der Waals surface area contributed by atoms with Gasteiger partial charge in [0.15, 0.2) is 0 Å². The number of hydrogen-bond acceptors (Lipinski definition) is 3. The molecule has 0 fully saturated rings. The number of halogens is 2. The zero-order valence-corrected chi connectivity index (χ0v) is 10.4. The number of aromatic nitrogens is 1. The zero-order valence-electron chi connectivity index (χ0n) is 8.93. The molecule has 0 spiro atoms. The number of hydrogen-bond donors (Lipinski definition) is 1. The summed E-state index contributed by atoms with van der Waals surface area (Å²) in [7, 11) is 0. The molecule has 0 atom stereocenters. The molecule has 1 heterocycles.